The first-order chi connectivity index (χ1) is 11.0. The fourth-order valence-electron chi connectivity index (χ4n) is 2.18. The van der Waals surface area contributed by atoms with E-state index >= 15 is 0 Å². The minimum atomic E-state index is -4.51. The van der Waals surface area contributed by atoms with E-state index in [0.29, 0.717) is 6.54 Å². The molecule has 0 spiro atoms. The monoisotopic (exact) mass is 413 g/mol. The summed E-state index contributed by atoms with van der Waals surface area (Å²) in [6.07, 6.45) is -5.45. The van der Waals surface area contributed by atoms with Gasteiger partial charge >= 0.3 is 12.3 Å². The smallest absolute Gasteiger partial charge is 0.435 e. The largest absolute Gasteiger partial charge is 0.444 e. The zero-order valence-corrected chi connectivity index (χ0v) is 15.1. The van der Waals surface area contributed by atoms with Gasteiger partial charge in [-0.05, 0) is 36.7 Å². The summed E-state index contributed by atoms with van der Waals surface area (Å²) in [6.45, 7) is 6.28. The van der Waals surface area contributed by atoms with Crippen LogP contribution in [0, 0.1) is 0 Å². The first kappa shape index (κ1) is 19.0. The predicted molar refractivity (Wildman–Crippen MR) is 82.5 cm³/mol. The molecule has 10 heteroatoms. The van der Waals surface area contributed by atoms with Crippen molar-refractivity contribution in [1.29, 1.82) is 0 Å². The topological polar surface area (TPSA) is 56.6 Å². The average molecular weight is 414 g/mol. The number of carbonyl (C=O) groups is 1. The van der Waals surface area contributed by atoms with E-state index in [1.807, 2.05) is 0 Å². The molecule has 1 aliphatic heterocycles. The van der Waals surface area contributed by atoms with E-state index in [1.165, 1.54) is 9.58 Å². The number of hydrogen-bond acceptors (Lipinski definition) is 4. The van der Waals surface area contributed by atoms with Gasteiger partial charge in [0.25, 0.3) is 0 Å². The number of alkyl halides is 3. The minimum Gasteiger partial charge on any atom is -0.444 e. The number of ether oxygens (including phenoxy) is 2. The highest BCUT2D eigenvalue weighted by atomic mass is 79.9. The number of nitrogens with zero attached hydrogens (tertiary/aromatic N) is 3. The van der Waals surface area contributed by atoms with Crippen LogP contribution in [0.2, 0.25) is 0 Å². The third-order valence-corrected chi connectivity index (χ3v) is 3.83. The van der Waals surface area contributed by atoms with Crippen molar-refractivity contribution in [3.63, 3.8) is 0 Å². The molecule has 1 aromatic rings. The van der Waals surface area contributed by atoms with Crippen molar-refractivity contribution in [3.8, 4) is 0 Å². The second kappa shape index (κ2) is 6.91. The van der Waals surface area contributed by atoms with Crippen molar-refractivity contribution in [2.24, 2.45) is 0 Å². The predicted octanol–water partition coefficient (Wildman–Crippen LogP) is 3.30. The summed E-state index contributed by atoms with van der Waals surface area (Å²) in [5.41, 5.74) is -1.59. The van der Waals surface area contributed by atoms with E-state index < -0.39 is 29.7 Å². The molecule has 1 amide bonds. The van der Waals surface area contributed by atoms with Gasteiger partial charge in [0.1, 0.15) is 10.2 Å². The Morgan fingerprint density at radius 3 is 2.67 bits per heavy atom. The average Bonchev–Trinajstić information content (AvgIpc) is 2.79. The maximum Gasteiger partial charge on any atom is 0.435 e. The lowest BCUT2D eigenvalue weighted by Gasteiger charge is -2.34. The number of aromatic nitrogens is 2. The fourth-order valence-corrected chi connectivity index (χ4v) is 2.62. The van der Waals surface area contributed by atoms with E-state index in [9.17, 15) is 18.0 Å². The summed E-state index contributed by atoms with van der Waals surface area (Å²) in [7, 11) is 0. The highest BCUT2D eigenvalue weighted by molar-refractivity contribution is 9.10. The number of morpholine rings is 1. The van der Waals surface area contributed by atoms with Crippen molar-refractivity contribution >= 4 is 22.0 Å². The van der Waals surface area contributed by atoms with Gasteiger partial charge in [-0.15, -0.1) is 0 Å². The van der Waals surface area contributed by atoms with Crippen LogP contribution >= 0.6 is 15.9 Å². The molecule has 6 nitrogen and oxygen atoms in total. The molecule has 24 heavy (non-hydrogen) atoms. The molecular weight excluding hydrogens is 395 g/mol. The van der Waals surface area contributed by atoms with Crippen LogP contribution in [0.15, 0.2) is 10.7 Å². The Labute approximate surface area is 146 Å². The van der Waals surface area contributed by atoms with Crippen molar-refractivity contribution in [1.82, 2.24) is 14.7 Å². The Bertz CT molecular complexity index is 598. The number of carbonyl (C=O) groups excluding carboxylic acids is 1. The van der Waals surface area contributed by atoms with Gasteiger partial charge in [-0.1, -0.05) is 0 Å². The van der Waals surface area contributed by atoms with Crippen LogP contribution in [0.5, 0.6) is 0 Å². The highest BCUT2D eigenvalue weighted by Gasteiger charge is 2.35. The number of rotatable bonds is 2. The summed E-state index contributed by atoms with van der Waals surface area (Å²) >= 11 is 3.06. The van der Waals surface area contributed by atoms with Crippen molar-refractivity contribution in [3.05, 3.63) is 16.4 Å². The van der Waals surface area contributed by atoms with Gasteiger partial charge in [0.15, 0.2) is 5.69 Å². The Balaban J connectivity index is 2.01. The lowest BCUT2D eigenvalue weighted by atomic mass is 10.2. The van der Waals surface area contributed by atoms with Gasteiger partial charge in [0.2, 0.25) is 0 Å². The van der Waals surface area contributed by atoms with Gasteiger partial charge in [0, 0.05) is 12.6 Å². The molecule has 0 N–H and O–H groups in total. The van der Waals surface area contributed by atoms with Crippen LogP contribution in [0.25, 0.3) is 0 Å². The molecule has 0 saturated carbocycles. The van der Waals surface area contributed by atoms with Crippen molar-refractivity contribution in [2.75, 3.05) is 19.7 Å². The molecule has 1 fully saturated rings. The Morgan fingerprint density at radius 2 is 2.12 bits per heavy atom. The van der Waals surface area contributed by atoms with Crippen LogP contribution in [0.4, 0.5) is 18.0 Å². The normalized spacial score (nSPS) is 19.5. The molecular formula is C14H19BrF3N3O3. The summed E-state index contributed by atoms with van der Waals surface area (Å²) in [6, 6.07) is 0.911. The van der Waals surface area contributed by atoms with Gasteiger partial charge in [-0.3, -0.25) is 4.68 Å². The van der Waals surface area contributed by atoms with Crippen LogP contribution in [-0.4, -0.2) is 52.2 Å². The third-order valence-electron chi connectivity index (χ3n) is 3.19. The molecule has 0 aromatic carbocycles. The van der Waals surface area contributed by atoms with E-state index in [1.54, 1.807) is 20.8 Å². The zero-order valence-electron chi connectivity index (χ0n) is 13.6. The number of halogens is 4. The molecule has 1 aliphatic rings. The lowest BCUT2D eigenvalue weighted by molar-refractivity contribution is -0.141. The highest BCUT2D eigenvalue weighted by Crippen LogP contribution is 2.30. The van der Waals surface area contributed by atoms with Crippen LogP contribution < -0.4 is 0 Å². The number of amides is 1. The standard InChI is InChI=1S/C14H19BrF3N3O3/c1-13(2,3)24-12(22)20-4-5-23-9(7-20)8-21-11(15)6-10(19-21)14(16,17)18/h6,9H,4-5,7-8H2,1-3H3. The lowest BCUT2D eigenvalue weighted by Crippen LogP contribution is -2.48. The van der Waals surface area contributed by atoms with Gasteiger partial charge < -0.3 is 14.4 Å². The summed E-state index contributed by atoms with van der Waals surface area (Å²) < 4.78 is 50.3. The molecule has 1 unspecified atom stereocenters. The quantitative estimate of drug-likeness (QED) is 0.746. The van der Waals surface area contributed by atoms with Crippen molar-refractivity contribution < 1.29 is 27.4 Å². The van der Waals surface area contributed by atoms with Gasteiger partial charge in [0.05, 0.1) is 25.8 Å². The molecule has 1 atom stereocenters. The molecule has 0 aliphatic carbocycles. The van der Waals surface area contributed by atoms with Crippen LogP contribution in [0.3, 0.4) is 0 Å². The zero-order chi connectivity index (χ0) is 18.1. The van der Waals surface area contributed by atoms with Crippen LogP contribution in [0.1, 0.15) is 26.5 Å². The maximum absolute atomic E-state index is 12.7. The molecule has 2 rings (SSSR count). The number of hydrogen-bond donors (Lipinski definition) is 0. The fraction of sp³-hybridized carbons (Fsp3) is 0.714. The third kappa shape index (κ3) is 5.10. The molecule has 1 saturated heterocycles. The second-order valence-electron chi connectivity index (χ2n) is 6.45. The first-order valence-corrected chi connectivity index (χ1v) is 8.15. The minimum absolute atomic E-state index is 0.0932. The molecule has 2 heterocycles. The second-order valence-corrected chi connectivity index (χ2v) is 7.26. The summed E-state index contributed by atoms with van der Waals surface area (Å²) in [5.74, 6) is 0. The van der Waals surface area contributed by atoms with Gasteiger partial charge in [-0.25, -0.2) is 4.79 Å². The molecule has 1 aromatic heterocycles. The molecule has 0 bridgehead atoms. The van der Waals surface area contributed by atoms with Crippen molar-refractivity contribution in [2.45, 2.75) is 45.2 Å². The van der Waals surface area contributed by atoms with E-state index in [4.69, 9.17) is 9.47 Å². The van der Waals surface area contributed by atoms with Crippen LogP contribution in [-0.2, 0) is 22.2 Å². The van der Waals surface area contributed by atoms with E-state index in [0.717, 1.165) is 6.07 Å². The van der Waals surface area contributed by atoms with E-state index in [-0.39, 0.29) is 24.3 Å². The first-order valence-electron chi connectivity index (χ1n) is 7.36. The Kier molecular flexibility index (Phi) is 5.48. The van der Waals surface area contributed by atoms with E-state index in [2.05, 4.69) is 21.0 Å². The maximum atomic E-state index is 12.7. The summed E-state index contributed by atoms with van der Waals surface area (Å²) in [4.78, 5) is 13.6. The summed E-state index contributed by atoms with van der Waals surface area (Å²) in [5, 5.41) is 3.53. The molecule has 136 valence electrons. The SMILES string of the molecule is CC(C)(C)OC(=O)N1CCOC(Cn2nc(C(F)(F)F)cc2Br)C1. The Morgan fingerprint density at radius 1 is 1.46 bits per heavy atom. The molecule has 0 radical (unpaired) electrons. The van der Waals surface area contributed by atoms with Gasteiger partial charge in [-0.2, -0.15) is 18.3 Å². The Hall–Kier alpha value is -1.29.